The molecule has 0 heterocycles. The van der Waals surface area contributed by atoms with E-state index in [-0.39, 0.29) is 21.9 Å². The van der Waals surface area contributed by atoms with Gasteiger partial charge in [0.2, 0.25) is 0 Å². The van der Waals surface area contributed by atoms with Gasteiger partial charge in [-0.05, 0) is 47.7 Å². The van der Waals surface area contributed by atoms with Crippen LogP contribution in [-0.4, -0.2) is 0 Å². The Bertz CT molecular complexity index is 1260. The van der Waals surface area contributed by atoms with Crippen LogP contribution >= 0.6 is 15.8 Å². The van der Waals surface area contributed by atoms with Crippen LogP contribution in [0.3, 0.4) is 0 Å². The molecule has 224 valence electrons. The molecule has 0 saturated heterocycles. The van der Waals surface area contributed by atoms with Crippen LogP contribution in [0.1, 0.15) is 13.8 Å². The smallest absolute Gasteiger partial charge is 0.367 e. The van der Waals surface area contributed by atoms with Gasteiger partial charge in [-0.25, -0.2) is 0 Å². The van der Waals surface area contributed by atoms with Crippen LogP contribution in [0.25, 0.3) is 0 Å². The third-order valence-electron chi connectivity index (χ3n) is 6.09. The standard InChI is InChI=1S/2C18H15P.C5H10.Ni/c2*1-4-10-16(11-5-1)19(17-12-6-2-7-13-17)18-14-8-3-9-15-18;1-5(2,3)4;/h2*1-15H;1-2H2,3-4H3;/q;;-2;+2. The van der Waals surface area contributed by atoms with E-state index >= 15 is 0 Å². The van der Waals surface area contributed by atoms with Crippen molar-refractivity contribution < 1.29 is 16.5 Å². The molecule has 0 amide bonds. The quantitative estimate of drug-likeness (QED) is 0.0961. The molecule has 0 aliphatic rings. The summed E-state index contributed by atoms with van der Waals surface area (Å²) >= 11 is 0. The zero-order valence-electron chi connectivity index (χ0n) is 25.4. The Labute approximate surface area is 278 Å². The van der Waals surface area contributed by atoms with Crippen molar-refractivity contribution in [3.8, 4) is 0 Å². The average molecular weight is 653 g/mol. The largest absolute Gasteiger partial charge is 2.00 e. The van der Waals surface area contributed by atoms with Crippen LogP contribution in [0.15, 0.2) is 182 Å². The van der Waals surface area contributed by atoms with Crippen molar-refractivity contribution in [3.05, 3.63) is 196 Å². The van der Waals surface area contributed by atoms with Crippen molar-refractivity contribution in [1.82, 2.24) is 0 Å². The molecule has 0 bridgehead atoms. The average Bonchev–Trinajstić information content (AvgIpc) is 3.04. The van der Waals surface area contributed by atoms with E-state index in [0.717, 1.165) is 0 Å². The van der Waals surface area contributed by atoms with E-state index in [1.54, 1.807) is 0 Å². The first-order valence-corrected chi connectivity index (χ1v) is 17.2. The summed E-state index contributed by atoms with van der Waals surface area (Å²) in [6.07, 6.45) is 0. The molecule has 0 atom stereocenters. The van der Waals surface area contributed by atoms with Gasteiger partial charge < -0.3 is 13.8 Å². The normalized spacial score (nSPS) is 10.5. The van der Waals surface area contributed by atoms with E-state index < -0.39 is 15.8 Å². The third kappa shape index (κ3) is 11.6. The Morgan fingerprint density at radius 3 is 0.545 bits per heavy atom. The van der Waals surface area contributed by atoms with Gasteiger partial charge in [0.15, 0.2) is 0 Å². The van der Waals surface area contributed by atoms with Crippen LogP contribution in [0, 0.1) is 19.3 Å². The van der Waals surface area contributed by atoms with Gasteiger partial charge in [-0.15, -0.1) is 13.8 Å². The van der Waals surface area contributed by atoms with E-state index in [0.29, 0.717) is 0 Å². The fourth-order valence-corrected chi connectivity index (χ4v) is 8.97. The van der Waals surface area contributed by atoms with Gasteiger partial charge >= 0.3 is 16.5 Å². The fraction of sp³-hybridized carbons (Fsp3) is 0.0732. The maximum atomic E-state index is 3.66. The predicted octanol–water partition coefficient (Wildman–Crippen LogP) is 8.57. The second-order valence-corrected chi connectivity index (χ2v) is 15.3. The molecular weight excluding hydrogens is 613 g/mol. The Kier molecular flexibility index (Phi) is 14.8. The molecule has 0 N–H and O–H groups in total. The van der Waals surface area contributed by atoms with E-state index in [1.807, 2.05) is 13.8 Å². The number of hydrogen-bond acceptors (Lipinski definition) is 0. The van der Waals surface area contributed by atoms with E-state index in [2.05, 4.69) is 196 Å². The third-order valence-corrected chi connectivity index (χ3v) is 11.0. The first-order chi connectivity index (χ1) is 20.9. The first kappa shape index (κ1) is 35.2. The minimum Gasteiger partial charge on any atom is -0.367 e. The van der Waals surface area contributed by atoms with E-state index in [1.165, 1.54) is 31.8 Å². The molecule has 0 spiro atoms. The summed E-state index contributed by atoms with van der Waals surface area (Å²) in [5, 5.41) is 8.39. The van der Waals surface area contributed by atoms with E-state index in [4.69, 9.17) is 0 Å². The van der Waals surface area contributed by atoms with Gasteiger partial charge in [-0.3, -0.25) is 5.41 Å². The Balaban J connectivity index is 0.000000205. The molecule has 6 aromatic carbocycles. The SMILES string of the molecule is [CH2-]C([CH2-])(C)C.[Ni+2].c1ccc(P(c2ccccc2)c2ccccc2)cc1.c1ccc(P(c2ccccc2)c2ccccc2)cc1. The maximum absolute atomic E-state index is 3.66. The van der Waals surface area contributed by atoms with Crippen LogP contribution in [-0.2, 0) is 16.5 Å². The molecule has 0 fully saturated rings. The maximum Gasteiger partial charge on any atom is 2.00 e. The van der Waals surface area contributed by atoms with Crippen LogP contribution in [0.2, 0.25) is 0 Å². The van der Waals surface area contributed by atoms with E-state index in [9.17, 15) is 0 Å². The van der Waals surface area contributed by atoms with Crippen molar-refractivity contribution in [2.24, 2.45) is 5.41 Å². The summed E-state index contributed by atoms with van der Waals surface area (Å²) in [6.45, 7) is 11.2. The Morgan fingerprint density at radius 1 is 0.318 bits per heavy atom. The molecule has 0 aliphatic heterocycles. The van der Waals surface area contributed by atoms with Crippen molar-refractivity contribution in [1.29, 1.82) is 0 Å². The number of benzene rings is 6. The van der Waals surface area contributed by atoms with Gasteiger partial charge in [0, 0.05) is 0 Å². The van der Waals surface area contributed by atoms with Gasteiger partial charge in [0.05, 0.1) is 0 Å². The van der Waals surface area contributed by atoms with Crippen molar-refractivity contribution in [2.45, 2.75) is 13.8 Å². The molecule has 6 aromatic rings. The minimum atomic E-state index is -0.446. The molecule has 44 heavy (non-hydrogen) atoms. The molecule has 0 aromatic heterocycles. The monoisotopic (exact) mass is 652 g/mol. The molecule has 6 rings (SSSR count). The number of hydrogen-bond donors (Lipinski definition) is 0. The second kappa shape index (κ2) is 18.5. The Hall–Kier alpha value is -3.33. The molecule has 0 unspecified atom stereocenters. The number of rotatable bonds is 6. The molecule has 3 heteroatoms. The zero-order valence-corrected chi connectivity index (χ0v) is 28.2. The van der Waals surface area contributed by atoms with Gasteiger partial charge in [-0.2, -0.15) is 0 Å². The summed E-state index contributed by atoms with van der Waals surface area (Å²) in [5.41, 5.74) is 0. The van der Waals surface area contributed by atoms with Crippen LogP contribution in [0.5, 0.6) is 0 Å². The van der Waals surface area contributed by atoms with Gasteiger partial charge in [0.1, 0.15) is 0 Å². The van der Waals surface area contributed by atoms with Gasteiger partial charge in [-0.1, -0.05) is 182 Å². The van der Waals surface area contributed by atoms with Crippen LogP contribution in [0.4, 0.5) is 0 Å². The minimum absolute atomic E-state index is 0. The van der Waals surface area contributed by atoms with Crippen molar-refractivity contribution in [3.63, 3.8) is 0 Å². The molecular formula is C41H40NiP2. The topological polar surface area (TPSA) is 0 Å². The zero-order chi connectivity index (χ0) is 30.3. The summed E-state index contributed by atoms with van der Waals surface area (Å²) < 4.78 is 0. The second-order valence-electron chi connectivity index (χ2n) is 10.8. The molecule has 0 aliphatic carbocycles. The molecule has 0 nitrogen and oxygen atoms in total. The summed E-state index contributed by atoms with van der Waals surface area (Å²) in [5.74, 6) is 0. The summed E-state index contributed by atoms with van der Waals surface area (Å²) in [4.78, 5) is 0. The molecule has 0 radical (unpaired) electrons. The first-order valence-electron chi connectivity index (χ1n) is 14.5. The van der Waals surface area contributed by atoms with Crippen molar-refractivity contribution in [2.75, 3.05) is 0 Å². The van der Waals surface area contributed by atoms with Crippen molar-refractivity contribution >= 4 is 47.7 Å². The van der Waals surface area contributed by atoms with Crippen LogP contribution < -0.4 is 31.8 Å². The Morgan fingerprint density at radius 2 is 0.432 bits per heavy atom. The fourth-order valence-electron chi connectivity index (χ4n) is 4.36. The summed E-state index contributed by atoms with van der Waals surface area (Å²) in [6, 6.07) is 64.7. The van der Waals surface area contributed by atoms with Gasteiger partial charge in [0.25, 0.3) is 0 Å². The predicted molar refractivity (Wildman–Crippen MR) is 195 cm³/mol. The summed E-state index contributed by atoms with van der Waals surface area (Å²) in [7, 11) is -0.892. The molecule has 0 saturated carbocycles.